The summed E-state index contributed by atoms with van der Waals surface area (Å²) in [5.74, 6) is 5.17. The standard InChI is InChI=1S/C19H23NO.C13H19NO.C13H19N.C11H13NO2.C6H12O2.C5H9NO2.C5H10S2.C4H8S2/c1-16-12-19(21-15-18-10-6-3-7-11-18)14-20(16)13-17-8-4-2-5-9-17;1-11-8-13(9-14(11)2)15-10-12-6-4-3-5-7-12;1-13(2)9-6-10-14(13)11-12-7-4-3-5-8-12;1-9-7-12(11(13)14-9)8-10-5-3-2-4-6-10;1-5-4-7-6(2,3)8-5;1-4-3-6(2)5(7)8-4;1-5-6-3-2-4-7-5;1-4-5-2-3-6-4/h2-11,16,19H,12-15H2,1H3;3-7,11,13H,8-10H2,1-2H3;3-5,7-8H,6,9-11H2,1-2H3;2-6,9H,7-8H2,1H3;5H,4H2,1-3H3;4H,3H2,1-2H3;5H,2-4H2,1H3;4H,2-3H2,1H3. The van der Waals surface area contributed by atoms with Gasteiger partial charge in [0.25, 0.3) is 0 Å². The van der Waals surface area contributed by atoms with Gasteiger partial charge in [-0.2, -0.15) is 0 Å². The number of amides is 2. The van der Waals surface area contributed by atoms with Crippen molar-refractivity contribution < 1.29 is 38.0 Å². The van der Waals surface area contributed by atoms with Crippen LogP contribution in [0.2, 0.25) is 0 Å². The number of likely N-dealkylation sites (N-methyl/N-ethyl adjacent to an activating group) is 2. The van der Waals surface area contributed by atoms with Crippen LogP contribution in [0.15, 0.2) is 152 Å². The zero-order valence-corrected chi connectivity index (χ0v) is 61.7. The van der Waals surface area contributed by atoms with Crippen molar-refractivity contribution in [1.82, 2.24) is 24.5 Å². The zero-order chi connectivity index (χ0) is 67.0. The summed E-state index contributed by atoms with van der Waals surface area (Å²) in [7, 11) is 3.89. The van der Waals surface area contributed by atoms with Crippen molar-refractivity contribution in [2.24, 2.45) is 0 Å². The van der Waals surface area contributed by atoms with Gasteiger partial charge in [0.05, 0.1) is 51.2 Å². The van der Waals surface area contributed by atoms with Gasteiger partial charge in [0.2, 0.25) is 0 Å². The number of hydrogen-bond donors (Lipinski definition) is 0. The Kier molecular flexibility index (Phi) is 34.9. The Hall–Kier alpha value is -4.24. The molecule has 8 aliphatic heterocycles. The van der Waals surface area contributed by atoms with E-state index in [9.17, 15) is 9.59 Å². The molecular formula is C76H113N5O8S4. The smallest absolute Gasteiger partial charge is 0.410 e. The van der Waals surface area contributed by atoms with Crippen molar-refractivity contribution in [1.29, 1.82) is 0 Å². The zero-order valence-electron chi connectivity index (χ0n) is 58.4. The number of rotatable bonds is 12. The van der Waals surface area contributed by atoms with Gasteiger partial charge in [-0.25, -0.2) is 9.59 Å². The molecule has 514 valence electrons. The summed E-state index contributed by atoms with van der Waals surface area (Å²) in [6, 6.07) is 53.4. The molecule has 0 N–H and O–H groups in total. The summed E-state index contributed by atoms with van der Waals surface area (Å²) < 4.78 is 34.1. The number of carbonyl (C=O) groups excluding carboxylic acids is 2. The predicted molar refractivity (Wildman–Crippen MR) is 393 cm³/mol. The van der Waals surface area contributed by atoms with E-state index in [1.165, 1.54) is 71.1 Å². The highest BCUT2D eigenvalue weighted by Gasteiger charge is 2.33. The molecule has 0 aromatic heterocycles. The van der Waals surface area contributed by atoms with E-state index in [-0.39, 0.29) is 36.3 Å². The minimum absolute atomic E-state index is 0.0196. The number of ether oxygens (including phenoxy) is 6. The van der Waals surface area contributed by atoms with Crippen LogP contribution in [0.1, 0.15) is 136 Å². The Bertz CT molecular complexity index is 2780. The third-order valence-corrected chi connectivity index (χ3v) is 22.7. The Morgan fingerprint density at radius 1 is 0.484 bits per heavy atom. The van der Waals surface area contributed by atoms with Gasteiger partial charge in [0.1, 0.15) is 12.2 Å². The second-order valence-electron chi connectivity index (χ2n) is 26.4. The third kappa shape index (κ3) is 30.8. The maximum Gasteiger partial charge on any atom is 0.410 e. The van der Waals surface area contributed by atoms with Crippen LogP contribution in [-0.4, -0.2) is 176 Å². The minimum atomic E-state index is -0.334. The van der Waals surface area contributed by atoms with Crippen molar-refractivity contribution in [3.8, 4) is 0 Å². The molecule has 0 aliphatic carbocycles. The summed E-state index contributed by atoms with van der Waals surface area (Å²) in [5.41, 5.74) is 6.87. The molecule has 17 heteroatoms. The van der Waals surface area contributed by atoms with Crippen LogP contribution in [-0.2, 0) is 61.3 Å². The molecule has 0 saturated carbocycles. The molecule has 0 spiro atoms. The number of nitrogens with zero attached hydrogens (tertiary/aromatic N) is 5. The van der Waals surface area contributed by atoms with E-state index in [0.717, 1.165) is 80.1 Å². The molecular weight excluding hydrogens is 1240 g/mol. The third-order valence-electron chi connectivity index (χ3n) is 17.0. The first-order valence-electron chi connectivity index (χ1n) is 33.9. The summed E-state index contributed by atoms with van der Waals surface area (Å²) in [4.78, 5) is 32.5. The largest absolute Gasteiger partial charge is 0.445 e. The molecule has 0 bridgehead atoms. The Morgan fingerprint density at radius 3 is 1.26 bits per heavy atom. The van der Waals surface area contributed by atoms with Crippen LogP contribution >= 0.6 is 47.0 Å². The van der Waals surface area contributed by atoms with Gasteiger partial charge in [-0.1, -0.05) is 152 Å². The Morgan fingerprint density at radius 2 is 0.925 bits per heavy atom. The average Bonchev–Trinajstić information content (AvgIpc) is 2.07. The lowest BCUT2D eigenvalue weighted by Gasteiger charge is -2.31. The summed E-state index contributed by atoms with van der Waals surface area (Å²) >= 11 is 8.28. The van der Waals surface area contributed by atoms with Gasteiger partial charge in [-0.3, -0.25) is 9.80 Å². The maximum atomic E-state index is 11.3. The highest BCUT2D eigenvalue weighted by Crippen LogP contribution is 2.32. The van der Waals surface area contributed by atoms with Crippen molar-refractivity contribution in [3.63, 3.8) is 0 Å². The number of benzene rings is 5. The molecule has 13 rings (SSSR count). The minimum Gasteiger partial charge on any atom is -0.445 e. The molecule has 13 nitrogen and oxygen atoms in total. The molecule has 8 fully saturated rings. The molecule has 8 heterocycles. The molecule has 7 atom stereocenters. The number of likely N-dealkylation sites (tertiary alicyclic amines) is 3. The van der Waals surface area contributed by atoms with Crippen LogP contribution in [0.5, 0.6) is 0 Å². The first-order chi connectivity index (χ1) is 44.6. The lowest BCUT2D eigenvalue weighted by atomic mass is 10.0. The molecule has 5 aromatic carbocycles. The average molecular weight is 1350 g/mol. The molecule has 2 amide bonds. The van der Waals surface area contributed by atoms with Gasteiger partial charge in [0, 0.05) is 78.1 Å². The quantitative estimate of drug-likeness (QED) is 0.118. The van der Waals surface area contributed by atoms with Crippen LogP contribution < -0.4 is 0 Å². The van der Waals surface area contributed by atoms with E-state index in [1.54, 1.807) is 16.8 Å². The van der Waals surface area contributed by atoms with Gasteiger partial charge >= 0.3 is 12.2 Å². The second kappa shape index (κ2) is 41.8. The number of cyclic esters (lactones) is 2. The lowest BCUT2D eigenvalue weighted by molar-refractivity contribution is -0.136. The fourth-order valence-corrected chi connectivity index (χ4v) is 16.4. The molecule has 7 unspecified atom stereocenters. The van der Waals surface area contributed by atoms with Crippen molar-refractivity contribution in [2.45, 2.75) is 204 Å². The first-order valence-corrected chi connectivity index (χ1v) is 38.1. The van der Waals surface area contributed by atoms with Crippen molar-refractivity contribution >= 4 is 59.2 Å². The van der Waals surface area contributed by atoms with Crippen LogP contribution in [0.3, 0.4) is 0 Å². The van der Waals surface area contributed by atoms with E-state index in [4.69, 9.17) is 28.4 Å². The monoisotopic (exact) mass is 1350 g/mol. The first kappa shape index (κ1) is 77.8. The van der Waals surface area contributed by atoms with Crippen LogP contribution in [0.25, 0.3) is 0 Å². The molecule has 5 aromatic rings. The van der Waals surface area contributed by atoms with Crippen LogP contribution in [0, 0.1) is 0 Å². The van der Waals surface area contributed by atoms with E-state index >= 15 is 0 Å². The SMILES string of the molecule is CC1(C)CCCN1Cc1ccccc1.CC1CC(OCc2ccccc2)CN1C.CC1CC(OCc2ccccc2)CN1Cc1ccccc1.CC1CN(C)C(=O)O1.CC1CN(Cc2ccccc2)C(=O)O1.CC1COC(C)(C)O1.CC1SCCCS1.CC1SCCS1. The molecule has 8 saturated heterocycles. The predicted octanol–water partition coefficient (Wildman–Crippen LogP) is 16.9. The van der Waals surface area contributed by atoms with E-state index < -0.39 is 0 Å². The van der Waals surface area contributed by atoms with E-state index in [2.05, 4.69) is 220 Å². The van der Waals surface area contributed by atoms with E-state index in [1.807, 2.05) is 77.1 Å². The lowest BCUT2D eigenvalue weighted by Crippen LogP contribution is -2.37. The van der Waals surface area contributed by atoms with Gasteiger partial charge in [-0.05, 0) is 161 Å². The van der Waals surface area contributed by atoms with Gasteiger partial charge in [-0.15, -0.1) is 47.0 Å². The number of hydrogen-bond acceptors (Lipinski definition) is 15. The highest BCUT2D eigenvalue weighted by atomic mass is 32.2. The van der Waals surface area contributed by atoms with Crippen LogP contribution in [0.4, 0.5) is 9.59 Å². The molecule has 0 radical (unpaired) electrons. The molecule has 93 heavy (non-hydrogen) atoms. The number of carbonyl (C=O) groups is 2. The summed E-state index contributed by atoms with van der Waals surface area (Å²) in [5, 5.41) is 0. The van der Waals surface area contributed by atoms with Gasteiger partial charge < -0.3 is 43.1 Å². The Labute approximate surface area is 578 Å². The van der Waals surface area contributed by atoms with Crippen molar-refractivity contribution in [2.75, 3.05) is 76.4 Å². The Balaban J connectivity index is 0.000000174. The number of thioether (sulfide) groups is 4. The normalized spacial score (nSPS) is 24.9. The van der Waals surface area contributed by atoms with E-state index in [0.29, 0.717) is 42.9 Å². The van der Waals surface area contributed by atoms with Gasteiger partial charge in [0.15, 0.2) is 5.79 Å². The second-order valence-corrected chi connectivity index (χ2v) is 32.8. The van der Waals surface area contributed by atoms with Crippen molar-refractivity contribution in [3.05, 3.63) is 179 Å². The fourth-order valence-electron chi connectivity index (χ4n) is 11.6. The topological polar surface area (TPSA) is 106 Å². The summed E-state index contributed by atoms with van der Waals surface area (Å²) in [6.45, 7) is 33.2. The highest BCUT2D eigenvalue weighted by molar-refractivity contribution is 8.20. The fraction of sp³-hybridized carbons (Fsp3) is 0.579. The molecule has 8 aliphatic rings. The summed E-state index contributed by atoms with van der Waals surface area (Å²) in [6.07, 6.45) is 7.08. The maximum absolute atomic E-state index is 11.3.